The molecule has 0 saturated heterocycles. The number of hydrazone groups is 1. The lowest BCUT2D eigenvalue weighted by atomic mass is 10.2. The first kappa shape index (κ1) is 19.1. The number of fused-ring (bicyclic) bond motifs is 1. The van der Waals surface area contributed by atoms with Gasteiger partial charge in [-0.3, -0.25) is 4.79 Å². The molecule has 146 valence electrons. The zero-order valence-electron chi connectivity index (χ0n) is 15.7. The van der Waals surface area contributed by atoms with Gasteiger partial charge < -0.3 is 8.98 Å². The molecule has 1 amide bonds. The van der Waals surface area contributed by atoms with Gasteiger partial charge in [-0.05, 0) is 68.4 Å². The number of nitrogens with one attached hydrogen (secondary N) is 1. The van der Waals surface area contributed by atoms with E-state index >= 15 is 0 Å². The summed E-state index contributed by atoms with van der Waals surface area (Å²) in [6.45, 7) is 3.90. The summed E-state index contributed by atoms with van der Waals surface area (Å²) in [5.74, 6) is -0.522. The summed E-state index contributed by atoms with van der Waals surface area (Å²) in [4.78, 5) is 12.3. The van der Waals surface area contributed by atoms with E-state index in [-0.39, 0.29) is 11.6 Å². The van der Waals surface area contributed by atoms with Crippen LogP contribution in [-0.2, 0) is 0 Å². The van der Waals surface area contributed by atoms with Crippen molar-refractivity contribution < 1.29 is 13.6 Å². The molecule has 1 N–H and O–H groups in total. The average molecular weight is 454 g/mol. The molecule has 5 nitrogen and oxygen atoms in total. The summed E-state index contributed by atoms with van der Waals surface area (Å²) in [7, 11) is 0. The molecule has 0 aliphatic heterocycles. The minimum absolute atomic E-state index is 0.187. The molecular formula is C22H17BrFN3O2. The van der Waals surface area contributed by atoms with Crippen molar-refractivity contribution in [3.05, 3.63) is 87.6 Å². The van der Waals surface area contributed by atoms with E-state index < -0.39 is 5.91 Å². The molecule has 4 aromatic rings. The number of halogens is 2. The first-order valence-electron chi connectivity index (χ1n) is 8.90. The Kier molecular flexibility index (Phi) is 5.07. The van der Waals surface area contributed by atoms with Crippen LogP contribution in [0.1, 0.15) is 27.5 Å². The van der Waals surface area contributed by atoms with Crippen molar-refractivity contribution in [2.24, 2.45) is 5.10 Å². The van der Waals surface area contributed by atoms with Crippen molar-refractivity contribution in [2.45, 2.75) is 13.8 Å². The predicted octanol–water partition coefficient (Wildman–Crippen LogP) is 5.51. The minimum atomic E-state index is -0.430. The summed E-state index contributed by atoms with van der Waals surface area (Å²) in [5, 5.41) is 4.89. The Labute approximate surface area is 175 Å². The Morgan fingerprint density at radius 2 is 1.90 bits per heavy atom. The molecule has 2 aromatic heterocycles. The van der Waals surface area contributed by atoms with Gasteiger partial charge in [0.15, 0.2) is 5.76 Å². The van der Waals surface area contributed by atoms with Gasteiger partial charge in [0.1, 0.15) is 11.4 Å². The number of nitrogens with zero attached hydrogens (tertiary/aromatic N) is 2. The Bertz CT molecular complexity index is 1240. The van der Waals surface area contributed by atoms with Crippen molar-refractivity contribution in [3.8, 4) is 5.69 Å². The molecule has 4 rings (SSSR count). The Hall–Kier alpha value is -3.19. The smallest absolute Gasteiger partial charge is 0.307 e. The minimum Gasteiger partial charge on any atom is -0.451 e. The van der Waals surface area contributed by atoms with Gasteiger partial charge >= 0.3 is 5.91 Å². The zero-order valence-corrected chi connectivity index (χ0v) is 17.3. The number of rotatable bonds is 4. The Balaban J connectivity index is 1.52. The number of amides is 1. The van der Waals surface area contributed by atoms with Crippen LogP contribution >= 0.6 is 15.9 Å². The maximum absolute atomic E-state index is 13.2. The second-order valence-corrected chi connectivity index (χ2v) is 7.55. The van der Waals surface area contributed by atoms with E-state index in [1.807, 2.05) is 36.6 Å². The van der Waals surface area contributed by atoms with Crippen LogP contribution in [0.5, 0.6) is 0 Å². The van der Waals surface area contributed by atoms with Crippen LogP contribution in [0.15, 0.2) is 68.6 Å². The molecule has 0 aliphatic carbocycles. The van der Waals surface area contributed by atoms with Crippen LogP contribution in [0.25, 0.3) is 16.7 Å². The third-order valence-electron chi connectivity index (χ3n) is 4.63. The van der Waals surface area contributed by atoms with Gasteiger partial charge in [0.2, 0.25) is 0 Å². The maximum atomic E-state index is 13.2. The Morgan fingerprint density at radius 3 is 2.66 bits per heavy atom. The number of carbonyl (C=O) groups is 1. The highest BCUT2D eigenvalue weighted by Gasteiger charge is 2.13. The monoisotopic (exact) mass is 453 g/mol. The molecule has 0 unspecified atom stereocenters. The maximum Gasteiger partial charge on any atom is 0.307 e. The van der Waals surface area contributed by atoms with Crippen LogP contribution < -0.4 is 5.43 Å². The van der Waals surface area contributed by atoms with Gasteiger partial charge in [-0.2, -0.15) is 5.10 Å². The Morgan fingerprint density at radius 1 is 1.14 bits per heavy atom. The van der Waals surface area contributed by atoms with Gasteiger partial charge in [0.05, 0.1) is 6.21 Å². The lowest BCUT2D eigenvalue weighted by Crippen LogP contribution is -2.16. The van der Waals surface area contributed by atoms with E-state index in [4.69, 9.17) is 4.42 Å². The normalized spacial score (nSPS) is 11.4. The number of aryl methyl sites for hydroxylation is 1. The van der Waals surface area contributed by atoms with Gasteiger partial charge in [-0.1, -0.05) is 15.9 Å². The number of carbonyl (C=O) groups excluding carboxylic acids is 1. The highest BCUT2D eigenvalue weighted by atomic mass is 79.9. The van der Waals surface area contributed by atoms with Crippen molar-refractivity contribution in [3.63, 3.8) is 0 Å². The third-order valence-corrected chi connectivity index (χ3v) is 5.12. The van der Waals surface area contributed by atoms with Gasteiger partial charge in [0.25, 0.3) is 0 Å². The van der Waals surface area contributed by atoms with Crippen molar-refractivity contribution in [2.75, 3.05) is 0 Å². The lowest BCUT2D eigenvalue weighted by Gasteiger charge is -2.09. The molecular weight excluding hydrogens is 437 g/mol. The third kappa shape index (κ3) is 3.86. The van der Waals surface area contributed by atoms with Gasteiger partial charge in [-0.25, -0.2) is 9.82 Å². The van der Waals surface area contributed by atoms with E-state index in [1.165, 1.54) is 12.1 Å². The van der Waals surface area contributed by atoms with Gasteiger partial charge in [-0.15, -0.1) is 0 Å². The standard InChI is InChI=1S/C22H17BrFN3O2/c1-13-9-16(14(2)27(13)19-6-4-18(24)5-7-19)12-25-26-22(28)21-11-15-10-17(23)3-8-20(15)29-21/h3-12H,1-2H3,(H,26,28)/b25-12+. The number of aromatic nitrogens is 1. The van der Waals surface area contributed by atoms with Crippen LogP contribution in [0.4, 0.5) is 4.39 Å². The molecule has 0 atom stereocenters. The quantitative estimate of drug-likeness (QED) is 0.327. The second-order valence-electron chi connectivity index (χ2n) is 6.63. The molecule has 0 radical (unpaired) electrons. The van der Waals surface area contributed by atoms with E-state index in [2.05, 4.69) is 26.5 Å². The summed E-state index contributed by atoms with van der Waals surface area (Å²) in [6.07, 6.45) is 1.58. The number of hydrogen-bond donors (Lipinski definition) is 1. The molecule has 0 saturated carbocycles. The summed E-state index contributed by atoms with van der Waals surface area (Å²) >= 11 is 3.40. The highest BCUT2D eigenvalue weighted by Crippen LogP contribution is 2.23. The second kappa shape index (κ2) is 7.67. The van der Waals surface area contributed by atoms with Crippen molar-refractivity contribution in [1.29, 1.82) is 0 Å². The lowest BCUT2D eigenvalue weighted by molar-refractivity contribution is 0.0929. The van der Waals surface area contributed by atoms with Crippen molar-refractivity contribution in [1.82, 2.24) is 9.99 Å². The first-order valence-corrected chi connectivity index (χ1v) is 9.69. The summed E-state index contributed by atoms with van der Waals surface area (Å²) in [6, 6.07) is 15.4. The number of benzene rings is 2. The molecule has 7 heteroatoms. The van der Waals surface area contributed by atoms with Crippen LogP contribution in [0.2, 0.25) is 0 Å². The molecule has 0 bridgehead atoms. The topological polar surface area (TPSA) is 59.5 Å². The predicted molar refractivity (Wildman–Crippen MR) is 114 cm³/mol. The summed E-state index contributed by atoms with van der Waals surface area (Å²) < 4.78 is 21.7. The molecule has 0 fully saturated rings. The number of hydrogen-bond acceptors (Lipinski definition) is 3. The van der Waals surface area contributed by atoms with Crippen LogP contribution in [0.3, 0.4) is 0 Å². The largest absolute Gasteiger partial charge is 0.451 e. The van der Waals surface area contributed by atoms with Gasteiger partial charge in [0, 0.05) is 32.5 Å². The molecule has 0 spiro atoms. The molecule has 29 heavy (non-hydrogen) atoms. The molecule has 2 heterocycles. The fraction of sp³-hybridized carbons (Fsp3) is 0.0909. The fourth-order valence-electron chi connectivity index (χ4n) is 3.25. The van der Waals surface area contributed by atoms with Crippen LogP contribution in [0, 0.1) is 19.7 Å². The fourth-order valence-corrected chi connectivity index (χ4v) is 3.63. The SMILES string of the molecule is Cc1cc(/C=N/NC(=O)c2cc3cc(Br)ccc3o2)c(C)n1-c1ccc(F)cc1. The average Bonchev–Trinajstić information content (AvgIpc) is 3.23. The summed E-state index contributed by atoms with van der Waals surface area (Å²) in [5.41, 5.74) is 6.74. The first-order chi connectivity index (χ1) is 13.9. The van der Waals surface area contributed by atoms with E-state index in [0.29, 0.717) is 5.58 Å². The van der Waals surface area contributed by atoms with E-state index in [1.54, 1.807) is 30.5 Å². The van der Waals surface area contributed by atoms with E-state index in [9.17, 15) is 9.18 Å². The number of furan rings is 1. The zero-order chi connectivity index (χ0) is 20.5. The van der Waals surface area contributed by atoms with Crippen LogP contribution in [-0.4, -0.2) is 16.7 Å². The highest BCUT2D eigenvalue weighted by molar-refractivity contribution is 9.10. The molecule has 2 aromatic carbocycles. The van der Waals surface area contributed by atoms with Crippen molar-refractivity contribution >= 4 is 39.0 Å². The molecule has 0 aliphatic rings. The van der Waals surface area contributed by atoms with E-state index in [0.717, 1.165) is 32.5 Å².